The molecule has 5 heteroatoms. The Bertz CT molecular complexity index is 775. The summed E-state index contributed by atoms with van der Waals surface area (Å²) >= 11 is 0. The standard InChI is InChI=1S/C16H21N3O2/c1-19(2)6-5-12-9-17-15-4-3-11(8-14(12)15)7-13-10-21-16(20)18-13/h3-4,8-9,13,17H,5-7,10H2,1-2H3,(H,18,20)/t13-/m0/s1/i7D2,13D. The number of cyclic esters (lactones) is 1. The molecule has 1 amide bonds. The van der Waals surface area contributed by atoms with Gasteiger partial charge in [0.05, 0.1) is 7.39 Å². The number of nitrogens with one attached hydrogen (secondary N) is 2. The number of ether oxygens (including phenoxy) is 1. The molecule has 21 heavy (non-hydrogen) atoms. The molecule has 0 unspecified atom stereocenters. The van der Waals surface area contributed by atoms with Gasteiger partial charge in [-0.15, -0.1) is 0 Å². The van der Waals surface area contributed by atoms with Crippen molar-refractivity contribution in [3.63, 3.8) is 0 Å². The van der Waals surface area contributed by atoms with Gasteiger partial charge >= 0.3 is 6.09 Å². The molecule has 0 bridgehead atoms. The van der Waals surface area contributed by atoms with Crippen LogP contribution in [0.1, 0.15) is 15.2 Å². The SMILES string of the molecule is [2H]C([2H])(c1ccc2[nH]cc(CCN(C)C)c2c1)[C@@]1([2H])COC(=O)N1. The number of H-pyrrole nitrogens is 1. The van der Waals surface area contributed by atoms with E-state index < -0.39 is 18.5 Å². The van der Waals surface area contributed by atoms with Crippen LogP contribution >= 0.6 is 0 Å². The molecule has 1 aliphatic rings. The molecule has 0 saturated carbocycles. The van der Waals surface area contributed by atoms with Crippen molar-refractivity contribution in [2.24, 2.45) is 0 Å². The monoisotopic (exact) mass is 290 g/mol. The molecular weight excluding hydrogens is 266 g/mol. The molecule has 1 fully saturated rings. The lowest BCUT2D eigenvalue weighted by Crippen LogP contribution is -2.28. The number of likely N-dealkylation sites (N-methyl/N-ethyl adjacent to an activating group) is 1. The predicted octanol–water partition coefficient (Wildman–Crippen LogP) is 1.92. The van der Waals surface area contributed by atoms with Crippen molar-refractivity contribution in [2.75, 3.05) is 27.2 Å². The minimum atomic E-state index is -2.08. The zero-order valence-corrected chi connectivity index (χ0v) is 12.2. The van der Waals surface area contributed by atoms with E-state index in [0.29, 0.717) is 5.56 Å². The molecule has 2 N–H and O–H groups in total. The van der Waals surface area contributed by atoms with Gasteiger partial charge in [0.15, 0.2) is 0 Å². The van der Waals surface area contributed by atoms with Gasteiger partial charge in [-0.3, -0.25) is 0 Å². The Labute approximate surface area is 128 Å². The van der Waals surface area contributed by atoms with Crippen LogP contribution in [-0.2, 0) is 17.5 Å². The van der Waals surface area contributed by atoms with Crippen molar-refractivity contribution >= 4 is 17.0 Å². The summed E-state index contributed by atoms with van der Waals surface area (Å²) in [6, 6.07) is 3.38. The van der Waals surface area contributed by atoms with E-state index in [9.17, 15) is 4.79 Å². The van der Waals surface area contributed by atoms with Crippen LogP contribution in [0, 0.1) is 0 Å². The summed E-state index contributed by atoms with van der Waals surface area (Å²) in [5.41, 5.74) is 2.37. The van der Waals surface area contributed by atoms with Gasteiger partial charge in [0, 0.05) is 26.4 Å². The van der Waals surface area contributed by atoms with E-state index >= 15 is 0 Å². The van der Waals surface area contributed by atoms with Gasteiger partial charge in [-0.25, -0.2) is 4.79 Å². The van der Waals surface area contributed by atoms with E-state index in [-0.39, 0.29) is 6.61 Å². The molecule has 0 spiro atoms. The summed E-state index contributed by atoms with van der Waals surface area (Å²) in [7, 11) is 4.01. The fourth-order valence-electron chi connectivity index (χ4n) is 2.38. The number of fused-ring (bicyclic) bond motifs is 1. The first-order valence-corrected chi connectivity index (χ1v) is 6.93. The maximum atomic E-state index is 11.3. The van der Waals surface area contributed by atoms with Gasteiger partial charge in [-0.05, 0) is 50.1 Å². The molecule has 1 aliphatic heterocycles. The number of aromatic amines is 1. The Morgan fingerprint density at radius 1 is 1.52 bits per heavy atom. The van der Waals surface area contributed by atoms with Crippen molar-refractivity contribution in [1.29, 1.82) is 0 Å². The number of benzene rings is 1. The highest BCUT2D eigenvalue weighted by molar-refractivity contribution is 5.84. The van der Waals surface area contributed by atoms with Gasteiger partial charge in [0.1, 0.15) is 6.61 Å². The van der Waals surface area contributed by atoms with Crippen molar-refractivity contribution in [2.45, 2.75) is 18.8 Å². The van der Waals surface area contributed by atoms with Crippen LogP contribution in [0.5, 0.6) is 0 Å². The lowest BCUT2D eigenvalue weighted by molar-refractivity contribution is 0.177. The molecule has 1 aromatic heterocycles. The molecule has 112 valence electrons. The minimum absolute atomic E-state index is 0.322. The van der Waals surface area contributed by atoms with Crippen molar-refractivity contribution < 1.29 is 13.6 Å². The first-order chi connectivity index (χ1) is 11.2. The number of nitrogens with zero attached hydrogens (tertiary/aromatic N) is 1. The third kappa shape index (κ3) is 3.19. The Morgan fingerprint density at radius 2 is 2.38 bits per heavy atom. The normalized spacial score (nSPS) is 24.5. The zero-order valence-electron chi connectivity index (χ0n) is 15.2. The maximum Gasteiger partial charge on any atom is 0.407 e. The largest absolute Gasteiger partial charge is 0.447 e. The first-order valence-electron chi connectivity index (χ1n) is 8.43. The van der Waals surface area contributed by atoms with Crippen LogP contribution in [0.3, 0.4) is 0 Å². The van der Waals surface area contributed by atoms with E-state index in [1.165, 1.54) is 0 Å². The number of hydrogen-bond donors (Lipinski definition) is 2. The Balaban J connectivity index is 1.97. The predicted molar refractivity (Wildman–Crippen MR) is 82.5 cm³/mol. The summed E-state index contributed by atoms with van der Waals surface area (Å²) in [6.07, 6.45) is -0.0672. The summed E-state index contributed by atoms with van der Waals surface area (Å²) in [4.78, 5) is 16.6. The Morgan fingerprint density at radius 3 is 3.10 bits per heavy atom. The van der Waals surface area contributed by atoms with Crippen LogP contribution in [0.15, 0.2) is 24.4 Å². The summed E-state index contributed by atoms with van der Waals surface area (Å²) in [6.45, 7) is 0.563. The highest BCUT2D eigenvalue weighted by Crippen LogP contribution is 2.21. The number of alkyl carbamates (subject to hydrolysis) is 1. The van der Waals surface area contributed by atoms with Gasteiger partial charge < -0.3 is 19.9 Å². The molecule has 1 saturated heterocycles. The summed E-state index contributed by atoms with van der Waals surface area (Å²) < 4.78 is 29.8. The number of rotatable bonds is 5. The van der Waals surface area contributed by atoms with Crippen molar-refractivity contribution in [3.05, 3.63) is 35.5 Å². The molecule has 3 rings (SSSR count). The first kappa shape index (κ1) is 10.7. The van der Waals surface area contributed by atoms with Crippen molar-refractivity contribution in [1.82, 2.24) is 15.2 Å². The van der Waals surface area contributed by atoms with Gasteiger partial charge in [0.2, 0.25) is 0 Å². The zero-order chi connectivity index (χ0) is 17.5. The lowest BCUT2D eigenvalue weighted by Gasteiger charge is -2.09. The third-order valence-electron chi connectivity index (χ3n) is 3.49. The third-order valence-corrected chi connectivity index (χ3v) is 3.49. The van der Waals surface area contributed by atoms with Crippen LogP contribution < -0.4 is 5.32 Å². The second-order valence-corrected chi connectivity index (χ2v) is 5.43. The molecule has 5 nitrogen and oxygen atoms in total. The van der Waals surface area contributed by atoms with E-state index in [1.807, 2.05) is 26.4 Å². The summed E-state index contributed by atoms with van der Waals surface area (Å²) in [5.74, 6) is 0. The summed E-state index contributed by atoms with van der Waals surface area (Å²) in [5, 5.41) is 3.22. The molecule has 0 aliphatic carbocycles. The maximum absolute atomic E-state index is 11.3. The smallest absolute Gasteiger partial charge is 0.407 e. The van der Waals surface area contributed by atoms with E-state index in [1.54, 1.807) is 12.1 Å². The average Bonchev–Trinajstić information content (AvgIpc) is 3.08. The van der Waals surface area contributed by atoms with Gasteiger partial charge in [0.25, 0.3) is 0 Å². The molecular formula is C16H21N3O2. The number of hydrogen-bond acceptors (Lipinski definition) is 3. The minimum Gasteiger partial charge on any atom is -0.447 e. The van der Waals surface area contributed by atoms with Crippen LogP contribution in [0.4, 0.5) is 4.79 Å². The van der Waals surface area contributed by atoms with Crippen LogP contribution in [0.25, 0.3) is 10.9 Å². The lowest BCUT2D eigenvalue weighted by atomic mass is 10.0. The fourth-order valence-corrected chi connectivity index (χ4v) is 2.38. The van der Waals surface area contributed by atoms with Crippen LogP contribution in [-0.4, -0.2) is 49.2 Å². The van der Waals surface area contributed by atoms with Crippen LogP contribution in [0.2, 0.25) is 0 Å². The van der Waals surface area contributed by atoms with E-state index in [4.69, 9.17) is 8.85 Å². The average molecular weight is 290 g/mol. The van der Waals surface area contributed by atoms with Gasteiger partial charge in [-0.1, -0.05) is 6.07 Å². The van der Waals surface area contributed by atoms with Gasteiger partial charge in [-0.2, -0.15) is 0 Å². The molecule has 1 aromatic carbocycles. The molecule has 2 aromatic rings. The molecule has 1 atom stereocenters. The highest BCUT2D eigenvalue weighted by Gasteiger charge is 2.22. The molecule has 0 radical (unpaired) electrons. The topological polar surface area (TPSA) is 57.4 Å². The second-order valence-electron chi connectivity index (χ2n) is 5.43. The number of carbonyl (C=O) groups excluding carboxylic acids is 1. The fraction of sp³-hybridized carbons (Fsp3) is 0.438. The molecule has 2 heterocycles. The van der Waals surface area contributed by atoms with E-state index in [0.717, 1.165) is 29.4 Å². The second kappa shape index (κ2) is 5.77. The number of amides is 1. The van der Waals surface area contributed by atoms with E-state index in [2.05, 4.69) is 15.2 Å². The number of aromatic nitrogens is 1. The van der Waals surface area contributed by atoms with Crippen molar-refractivity contribution in [3.8, 4) is 0 Å². The highest BCUT2D eigenvalue weighted by atomic mass is 16.6. The number of carbonyl (C=O) groups is 1. The quantitative estimate of drug-likeness (QED) is 0.884. The Hall–Kier alpha value is -2.01. The Kier molecular flexibility index (Phi) is 2.94.